The number of hydrogen-bond donors (Lipinski definition) is 1. The van der Waals surface area contributed by atoms with Crippen molar-refractivity contribution in [2.45, 2.75) is 38.9 Å². The van der Waals surface area contributed by atoms with Gasteiger partial charge in [-0.15, -0.1) is 0 Å². The second-order valence-electron chi connectivity index (χ2n) is 4.13. The molecule has 0 aliphatic carbocycles. The smallest absolute Gasteiger partial charge is 0.466 e. The molecule has 1 heterocycles. The number of ether oxygens (including phenoxy) is 4. The van der Waals surface area contributed by atoms with Gasteiger partial charge in [0.15, 0.2) is 0 Å². The van der Waals surface area contributed by atoms with Gasteiger partial charge in [-0.05, 0) is 13.8 Å². The standard InChI is InChI=1S/C7H10O5.C6H11BrO3/c1-2-10-6(8)3-5-4-11-7(9)12-5;1-2-10-6(9)3-5(8)4-7/h5H,2-4H2,1H3;5,8H,2-4H2,1H3. The molecule has 0 radical (unpaired) electrons. The van der Waals surface area contributed by atoms with Crippen molar-refractivity contribution in [1.29, 1.82) is 0 Å². The molecular formula is C13H21BrO8. The van der Waals surface area contributed by atoms with Crippen LogP contribution in [0.2, 0.25) is 0 Å². The summed E-state index contributed by atoms with van der Waals surface area (Å²) in [5, 5.41) is 9.32. The second-order valence-corrected chi connectivity index (χ2v) is 4.77. The summed E-state index contributed by atoms with van der Waals surface area (Å²) >= 11 is 3.04. The number of cyclic esters (lactones) is 2. The van der Waals surface area contributed by atoms with Crippen LogP contribution in [0.15, 0.2) is 0 Å². The summed E-state index contributed by atoms with van der Waals surface area (Å²) in [5.74, 6) is -0.727. The molecule has 0 spiro atoms. The molecule has 1 fully saturated rings. The quantitative estimate of drug-likeness (QED) is 0.395. The molecule has 0 amide bonds. The Hall–Kier alpha value is -1.35. The van der Waals surface area contributed by atoms with Gasteiger partial charge in [0.25, 0.3) is 0 Å². The maximum atomic E-state index is 10.8. The Morgan fingerprint density at radius 1 is 1.32 bits per heavy atom. The molecule has 0 aromatic heterocycles. The maximum absolute atomic E-state index is 10.8. The summed E-state index contributed by atoms with van der Waals surface area (Å²) in [5.41, 5.74) is 0. The van der Waals surface area contributed by atoms with Gasteiger partial charge >= 0.3 is 18.1 Å². The number of halogens is 1. The molecule has 1 rings (SSSR count). The van der Waals surface area contributed by atoms with E-state index in [1.54, 1.807) is 13.8 Å². The van der Waals surface area contributed by atoms with Crippen molar-refractivity contribution < 1.29 is 38.4 Å². The fourth-order valence-corrected chi connectivity index (χ4v) is 1.57. The largest absolute Gasteiger partial charge is 0.508 e. The molecule has 1 saturated heterocycles. The summed E-state index contributed by atoms with van der Waals surface area (Å²) in [6.07, 6.45) is -1.68. The summed E-state index contributed by atoms with van der Waals surface area (Å²) < 4.78 is 18.3. The van der Waals surface area contributed by atoms with Crippen LogP contribution in [0.25, 0.3) is 0 Å². The number of esters is 2. The molecule has 0 bridgehead atoms. The molecule has 0 aromatic carbocycles. The van der Waals surface area contributed by atoms with Gasteiger partial charge in [-0.2, -0.15) is 0 Å². The Labute approximate surface area is 137 Å². The zero-order chi connectivity index (χ0) is 17.0. The first-order valence-electron chi connectivity index (χ1n) is 6.81. The van der Waals surface area contributed by atoms with E-state index in [0.29, 0.717) is 18.5 Å². The van der Waals surface area contributed by atoms with Gasteiger partial charge in [-0.3, -0.25) is 9.59 Å². The van der Waals surface area contributed by atoms with Crippen LogP contribution < -0.4 is 0 Å². The Morgan fingerprint density at radius 3 is 2.36 bits per heavy atom. The molecule has 1 aliphatic rings. The third kappa shape index (κ3) is 10.4. The van der Waals surface area contributed by atoms with Crippen molar-refractivity contribution in [1.82, 2.24) is 0 Å². The van der Waals surface area contributed by atoms with E-state index in [9.17, 15) is 14.4 Å². The van der Waals surface area contributed by atoms with E-state index in [2.05, 4.69) is 34.9 Å². The molecule has 9 heteroatoms. The van der Waals surface area contributed by atoms with Crippen LogP contribution in [-0.2, 0) is 28.5 Å². The highest BCUT2D eigenvalue weighted by atomic mass is 79.9. The first-order chi connectivity index (χ1) is 10.4. The highest BCUT2D eigenvalue weighted by Crippen LogP contribution is 2.10. The minimum Gasteiger partial charge on any atom is -0.466 e. The Kier molecular flexibility index (Phi) is 11.5. The number of aliphatic hydroxyl groups excluding tert-OH is 1. The fraction of sp³-hybridized carbons (Fsp3) is 0.769. The third-order valence-corrected chi connectivity index (χ3v) is 2.98. The highest BCUT2D eigenvalue weighted by Gasteiger charge is 2.27. The lowest BCUT2D eigenvalue weighted by atomic mass is 10.3. The minimum atomic E-state index is -0.718. The van der Waals surface area contributed by atoms with Crippen molar-refractivity contribution in [3.63, 3.8) is 0 Å². The molecule has 0 aromatic rings. The Morgan fingerprint density at radius 2 is 1.91 bits per heavy atom. The molecule has 2 atom stereocenters. The van der Waals surface area contributed by atoms with Crippen LogP contribution >= 0.6 is 15.9 Å². The predicted molar refractivity (Wildman–Crippen MR) is 78.5 cm³/mol. The number of carbonyl (C=O) groups is 3. The van der Waals surface area contributed by atoms with Gasteiger partial charge in [0.05, 0.1) is 32.2 Å². The molecule has 2 unspecified atom stereocenters. The predicted octanol–water partition coefficient (Wildman–Crippen LogP) is 1.17. The Bertz CT molecular complexity index is 360. The summed E-state index contributed by atoms with van der Waals surface area (Å²) in [6.45, 7) is 4.29. The number of alkyl halides is 1. The molecule has 1 N–H and O–H groups in total. The van der Waals surface area contributed by atoms with Crippen LogP contribution in [-0.4, -0.2) is 60.6 Å². The van der Waals surface area contributed by atoms with Crippen molar-refractivity contribution >= 4 is 34.0 Å². The van der Waals surface area contributed by atoms with Crippen molar-refractivity contribution in [3.8, 4) is 0 Å². The van der Waals surface area contributed by atoms with E-state index in [0.717, 1.165) is 0 Å². The van der Waals surface area contributed by atoms with Crippen molar-refractivity contribution in [2.24, 2.45) is 0 Å². The van der Waals surface area contributed by atoms with Gasteiger partial charge < -0.3 is 24.1 Å². The van der Waals surface area contributed by atoms with E-state index < -0.39 is 18.4 Å². The molecule has 128 valence electrons. The average molecular weight is 385 g/mol. The summed E-state index contributed by atoms with van der Waals surface area (Å²) in [7, 11) is 0. The van der Waals surface area contributed by atoms with Crippen LogP contribution in [0.1, 0.15) is 26.7 Å². The number of rotatable bonds is 7. The number of carbonyl (C=O) groups excluding carboxylic acids is 3. The Balaban J connectivity index is 0.000000409. The van der Waals surface area contributed by atoms with Crippen molar-refractivity contribution in [3.05, 3.63) is 0 Å². The average Bonchev–Trinajstić information content (AvgIpc) is 2.85. The lowest BCUT2D eigenvalue weighted by Gasteiger charge is -2.04. The summed E-state index contributed by atoms with van der Waals surface area (Å²) in [4.78, 5) is 31.8. The van der Waals surface area contributed by atoms with Crippen LogP contribution in [0, 0.1) is 0 Å². The van der Waals surface area contributed by atoms with E-state index in [-0.39, 0.29) is 31.4 Å². The van der Waals surface area contributed by atoms with Gasteiger partial charge in [0.2, 0.25) is 0 Å². The second kappa shape index (κ2) is 12.2. The van der Waals surface area contributed by atoms with Gasteiger partial charge in [0, 0.05) is 5.33 Å². The lowest BCUT2D eigenvalue weighted by molar-refractivity contribution is -0.146. The zero-order valence-electron chi connectivity index (χ0n) is 12.6. The number of aliphatic hydroxyl groups is 1. The first-order valence-corrected chi connectivity index (χ1v) is 7.93. The van der Waals surface area contributed by atoms with Crippen LogP contribution in [0.4, 0.5) is 4.79 Å². The summed E-state index contributed by atoms with van der Waals surface area (Å²) in [6, 6.07) is 0. The first kappa shape index (κ1) is 20.6. The third-order valence-electron chi connectivity index (χ3n) is 2.24. The van der Waals surface area contributed by atoms with Gasteiger partial charge in [0.1, 0.15) is 12.7 Å². The maximum Gasteiger partial charge on any atom is 0.508 e. The number of hydrogen-bond acceptors (Lipinski definition) is 8. The topological polar surface area (TPSA) is 108 Å². The van der Waals surface area contributed by atoms with Crippen LogP contribution in [0.3, 0.4) is 0 Å². The van der Waals surface area contributed by atoms with E-state index in [4.69, 9.17) is 5.11 Å². The van der Waals surface area contributed by atoms with Gasteiger partial charge in [-0.1, -0.05) is 15.9 Å². The van der Waals surface area contributed by atoms with E-state index in [1.807, 2.05) is 0 Å². The normalized spacial score (nSPS) is 17.5. The molecule has 22 heavy (non-hydrogen) atoms. The van der Waals surface area contributed by atoms with Crippen LogP contribution in [0.5, 0.6) is 0 Å². The SMILES string of the molecule is CCOC(=O)CC(O)CBr.CCOC(=O)CC1COC(=O)O1. The van der Waals surface area contributed by atoms with Gasteiger partial charge in [-0.25, -0.2) is 4.79 Å². The van der Waals surface area contributed by atoms with E-state index >= 15 is 0 Å². The van der Waals surface area contributed by atoms with Crippen molar-refractivity contribution in [2.75, 3.05) is 25.2 Å². The monoisotopic (exact) mass is 384 g/mol. The fourth-order valence-electron chi connectivity index (χ4n) is 1.34. The van der Waals surface area contributed by atoms with E-state index in [1.165, 1.54) is 0 Å². The molecule has 1 aliphatic heterocycles. The molecular weight excluding hydrogens is 364 g/mol. The minimum absolute atomic E-state index is 0.0685. The lowest BCUT2D eigenvalue weighted by Crippen LogP contribution is -2.17. The zero-order valence-corrected chi connectivity index (χ0v) is 14.2. The highest BCUT2D eigenvalue weighted by molar-refractivity contribution is 9.09. The molecule has 8 nitrogen and oxygen atoms in total. The molecule has 0 saturated carbocycles.